The number of nitrogens with zero attached hydrogens (tertiary/aromatic N) is 1. The maximum absolute atomic E-state index is 12.4. The second-order valence-electron chi connectivity index (χ2n) is 7.56. The van der Waals surface area contributed by atoms with Gasteiger partial charge in [0.2, 0.25) is 5.91 Å². The fourth-order valence-corrected chi connectivity index (χ4v) is 3.47. The Kier molecular flexibility index (Phi) is 5.62. The number of fused-ring (bicyclic) bond motifs is 1. The summed E-state index contributed by atoms with van der Waals surface area (Å²) in [7, 11) is 1.64. The molecular weight excluding hydrogens is 324 g/mol. The van der Waals surface area contributed by atoms with Crippen LogP contribution in [0.15, 0.2) is 48.5 Å². The van der Waals surface area contributed by atoms with Crippen LogP contribution in [-0.4, -0.2) is 36.5 Å². The van der Waals surface area contributed by atoms with Gasteiger partial charge in [-0.3, -0.25) is 9.69 Å². The van der Waals surface area contributed by atoms with Crippen molar-refractivity contribution in [3.63, 3.8) is 0 Å². The zero-order chi connectivity index (χ0) is 18.6. The van der Waals surface area contributed by atoms with E-state index in [1.807, 2.05) is 24.3 Å². The van der Waals surface area contributed by atoms with Crippen LogP contribution in [0.25, 0.3) is 0 Å². The molecule has 0 unspecified atom stereocenters. The van der Waals surface area contributed by atoms with Gasteiger partial charge in [-0.1, -0.05) is 36.4 Å². The SMILES string of the molecule is COc1cccc(CC(=O)NCC(C)(C)N2CCc3ccccc3C2)c1. The Bertz CT molecular complexity index is 770. The van der Waals surface area contributed by atoms with E-state index in [-0.39, 0.29) is 11.4 Å². The average molecular weight is 352 g/mol. The number of carbonyl (C=O) groups is 1. The lowest BCUT2D eigenvalue weighted by molar-refractivity contribution is -0.121. The highest BCUT2D eigenvalue weighted by atomic mass is 16.5. The van der Waals surface area contributed by atoms with Gasteiger partial charge in [-0.2, -0.15) is 0 Å². The summed E-state index contributed by atoms with van der Waals surface area (Å²) < 4.78 is 5.22. The van der Waals surface area contributed by atoms with Crippen LogP contribution >= 0.6 is 0 Å². The number of carbonyl (C=O) groups excluding carboxylic acids is 1. The molecule has 0 spiro atoms. The lowest BCUT2D eigenvalue weighted by Crippen LogP contribution is -2.53. The van der Waals surface area contributed by atoms with E-state index in [0.29, 0.717) is 13.0 Å². The zero-order valence-corrected chi connectivity index (χ0v) is 15.9. The van der Waals surface area contributed by atoms with Crippen LogP contribution < -0.4 is 10.1 Å². The minimum absolute atomic E-state index is 0.0451. The van der Waals surface area contributed by atoms with Gasteiger partial charge in [-0.15, -0.1) is 0 Å². The van der Waals surface area contributed by atoms with Gasteiger partial charge in [-0.25, -0.2) is 0 Å². The molecule has 1 heterocycles. The van der Waals surface area contributed by atoms with Gasteiger partial charge in [0, 0.05) is 25.2 Å². The lowest BCUT2D eigenvalue weighted by atomic mass is 9.94. The van der Waals surface area contributed by atoms with Crippen LogP contribution in [0.4, 0.5) is 0 Å². The molecule has 1 aliphatic heterocycles. The molecule has 138 valence electrons. The number of rotatable bonds is 6. The molecule has 0 atom stereocenters. The molecule has 0 radical (unpaired) electrons. The van der Waals surface area contributed by atoms with Crippen LogP contribution in [0, 0.1) is 0 Å². The number of nitrogens with one attached hydrogen (secondary N) is 1. The molecule has 0 fully saturated rings. The van der Waals surface area contributed by atoms with Gasteiger partial charge < -0.3 is 10.1 Å². The molecule has 0 bridgehead atoms. The molecule has 1 amide bonds. The standard InChI is InChI=1S/C22H28N2O2/c1-22(2,24-12-11-18-8-4-5-9-19(18)15-24)16-23-21(25)14-17-7-6-10-20(13-17)26-3/h4-10,13H,11-12,14-16H2,1-3H3,(H,23,25). The summed E-state index contributed by atoms with van der Waals surface area (Å²) in [5.41, 5.74) is 3.72. The van der Waals surface area contributed by atoms with Crippen molar-refractivity contribution in [3.8, 4) is 5.75 Å². The Balaban J connectivity index is 1.55. The molecule has 0 aromatic heterocycles. The van der Waals surface area contributed by atoms with E-state index in [4.69, 9.17) is 4.74 Å². The second kappa shape index (κ2) is 7.92. The van der Waals surface area contributed by atoms with Gasteiger partial charge in [-0.05, 0) is 49.1 Å². The first-order valence-electron chi connectivity index (χ1n) is 9.19. The number of benzene rings is 2. The molecule has 1 N–H and O–H groups in total. The first kappa shape index (κ1) is 18.5. The molecule has 26 heavy (non-hydrogen) atoms. The molecule has 4 nitrogen and oxygen atoms in total. The summed E-state index contributed by atoms with van der Waals surface area (Å²) >= 11 is 0. The van der Waals surface area contributed by atoms with Gasteiger partial charge in [0.05, 0.1) is 13.5 Å². The number of ether oxygens (including phenoxy) is 1. The van der Waals surface area contributed by atoms with Crippen molar-refractivity contribution in [1.82, 2.24) is 10.2 Å². The van der Waals surface area contributed by atoms with Gasteiger partial charge in [0.15, 0.2) is 0 Å². The average Bonchev–Trinajstić information content (AvgIpc) is 2.66. The van der Waals surface area contributed by atoms with E-state index in [9.17, 15) is 4.79 Å². The summed E-state index contributed by atoms with van der Waals surface area (Å²) in [6, 6.07) is 16.3. The Morgan fingerprint density at radius 3 is 2.69 bits per heavy atom. The summed E-state index contributed by atoms with van der Waals surface area (Å²) in [6.07, 6.45) is 1.44. The van der Waals surface area contributed by atoms with Crippen molar-refractivity contribution in [2.24, 2.45) is 0 Å². The van der Waals surface area contributed by atoms with E-state index in [2.05, 4.69) is 48.3 Å². The fourth-order valence-electron chi connectivity index (χ4n) is 3.47. The van der Waals surface area contributed by atoms with E-state index < -0.39 is 0 Å². The Labute approximate surface area is 156 Å². The molecule has 0 saturated carbocycles. The Morgan fingerprint density at radius 2 is 1.92 bits per heavy atom. The van der Waals surface area contributed by atoms with Crippen molar-refractivity contribution in [2.45, 2.75) is 38.8 Å². The van der Waals surface area contributed by atoms with E-state index >= 15 is 0 Å². The predicted octanol–water partition coefficient (Wildman–Crippen LogP) is 3.19. The highest BCUT2D eigenvalue weighted by molar-refractivity contribution is 5.78. The third-order valence-corrected chi connectivity index (χ3v) is 5.20. The van der Waals surface area contributed by atoms with E-state index in [1.54, 1.807) is 7.11 Å². The summed E-state index contributed by atoms with van der Waals surface area (Å²) in [4.78, 5) is 14.8. The normalized spacial score (nSPS) is 14.6. The molecular formula is C22H28N2O2. The maximum atomic E-state index is 12.4. The monoisotopic (exact) mass is 352 g/mol. The van der Waals surface area contributed by atoms with Crippen LogP contribution in [-0.2, 0) is 24.2 Å². The largest absolute Gasteiger partial charge is 0.497 e. The topological polar surface area (TPSA) is 41.6 Å². The first-order chi connectivity index (χ1) is 12.5. The van der Waals surface area contributed by atoms with Crippen molar-refractivity contribution < 1.29 is 9.53 Å². The number of hydrogen-bond acceptors (Lipinski definition) is 3. The minimum atomic E-state index is -0.0857. The van der Waals surface area contributed by atoms with Crippen molar-refractivity contribution >= 4 is 5.91 Å². The fraction of sp³-hybridized carbons (Fsp3) is 0.409. The molecule has 2 aromatic carbocycles. The molecule has 3 rings (SSSR count). The molecule has 1 aliphatic rings. The third kappa shape index (κ3) is 4.44. The predicted molar refractivity (Wildman–Crippen MR) is 104 cm³/mol. The van der Waals surface area contributed by atoms with Crippen molar-refractivity contribution in [3.05, 3.63) is 65.2 Å². The molecule has 0 aliphatic carbocycles. The number of hydrogen-bond donors (Lipinski definition) is 1. The summed E-state index contributed by atoms with van der Waals surface area (Å²) in [5.74, 6) is 0.825. The van der Waals surface area contributed by atoms with Gasteiger partial charge in [0.1, 0.15) is 5.75 Å². The highest BCUT2D eigenvalue weighted by Crippen LogP contribution is 2.25. The Morgan fingerprint density at radius 1 is 1.15 bits per heavy atom. The van der Waals surface area contributed by atoms with Crippen LogP contribution in [0.3, 0.4) is 0 Å². The number of methoxy groups -OCH3 is 1. The third-order valence-electron chi connectivity index (χ3n) is 5.20. The molecule has 4 heteroatoms. The zero-order valence-electron chi connectivity index (χ0n) is 15.9. The van der Waals surface area contributed by atoms with E-state index in [0.717, 1.165) is 30.8 Å². The minimum Gasteiger partial charge on any atom is -0.497 e. The lowest BCUT2D eigenvalue weighted by Gasteiger charge is -2.41. The summed E-state index contributed by atoms with van der Waals surface area (Å²) in [5, 5.41) is 3.11. The number of amides is 1. The van der Waals surface area contributed by atoms with Crippen LogP contribution in [0.5, 0.6) is 5.75 Å². The first-order valence-corrected chi connectivity index (χ1v) is 9.19. The maximum Gasteiger partial charge on any atom is 0.224 e. The summed E-state index contributed by atoms with van der Waals surface area (Å²) in [6.45, 7) is 7.00. The van der Waals surface area contributed by atoms with Crippen LogP contribution in [0.2, 0.25) is 0 Å². The van der Waals surface area contributed by atoms with Crippen molar-refractivity contribution in [1.29, 1.82) is 0 Å². The highest BCUT2D eigenvalue weighted by Gasteiger charge is 2.30. The smallest absolute Gasteiger partial charge is 0.224 e. The molecule has 2 aromatic rings. The van der Waals surface area contributed by atoms with Crippen LogP contribution in [0.1, 0.15) is 30.5 Å². The Hall–Kier alpha value is -2.33. The van der Waals surface area contributed by atoms with E-state index in [1.165, 1.54) is 11.1 Å². The van der Waals surface area contributed by atoms with Gasteiger partial charge in [0.25, 0.3) is 0 Å². The molecule has 0 saturated heterocycles. The van der Waals surface area contributed by atoms with Gasteiger partial charge >= 0.3 is 0 Å². The van der Waals surface area contributed by atoms with Crippen molar-refractivity contribution in [2.75, 3.05) is 20.2 Å². The quantitative estimate of drug-likeness (QED) is 0.868. The second-order valence-corrected chi connectivity index (χ2v) is 7.56.